The van der Waals surface area contributed by atoms with Gasteiger partial charge in [0, 0.05) is 25.7 Å². The molecule has 6 heteroatoms. The highest BCUT2D eigenvalue weighted by molar-refractivity contribution is 7.91. The first-order valence-electron chi connectivity index (χ1n) is 6.28. The van der Waals surface area contributed by atoms with Gasteiger partial charge in [-0.2, -0.15) is 0 Å². The van der Waals surface area contributed by atoms with Gasteiger partial charge in [0.05, 0.1) is 17.4 Å². The van der Waals surface area contributed by atoms with Crippen LogP contribution in [0.1, 0.15) is 12.8 Å². The monoisotopic (exact) mass is 258 g/mol. The predicted octanol–water partition coefficient (Wildman–Crippen LogP) is -0.759. The summed E-state index contributed by atoms with van der Waals surface area (Å²) in [5.74, 6) is 0.620. The molecule has 3 aliphatic heterocycles. The molecule has 1 unspecified atom stereocenters. The van der Waals surface area contributed by atoms with Crippen molar-refractivity contribution in [3.8, 4) is 0 Å². The van der Waals surface area contributed by atoms with Gasteiger partial charge in [0.2, 0.25) is 5.91 Å². The second-order valence-corrected chi connectivity index (χ2v) is 7.63. The van der Waals surface area contributed by atoms with Crippen molar-refractivity contribution >= 4 is 15.7 Å². The maximum Gasteiger partial charge on any atom is 0.227 e. The zero-order chi connectivity index (χ0) is 12.0. The maximum atomic E-state index is 12.3. The zero-order valence-electron chi connectivity index (χ0n) is 9.76. The summed E-state index contributed by atoms with van der Waals surface area (Å²) in [6, 6.07) is 0.311. The summed E-state index contributed by atoms with van der Waals surface area (Å²) in [6.07, 6.45) is 1.57. The van der Waals surface area contributed by atoms with Crippen LogP contribution in [0.5, 0.6) is 0 Å². The van der Waals surface area contributed by atoms with Crippen LogP contribution in [0.25, 0.3) is 0 Å². The highest BCUT2D eigenvalue weighted by Gasteiger charge is 2.43. The molecule has 3 fully saturated rings. The first-order chi connectivity index (χ1) is 8.07. The molecule has 0 radical (unpaired) electrons. The largest absolute Gasteiger partial charge is 0.338 e. The third-order valence-corrected chi connectivity index (χ3v) is 6.08. The van der Waals surface area contributed by atoms with Gasteiger partial charge >= 0.3 is 0 Å². The van der Waals surface area contributed by atoms with E-state index in [1.165, 1.54) is 0 Å². The lowest BCUT2D eigenvalue weighted by molar-refractivity contribution is -0.135. The molecule has 0 aliphatic carbocycles. The van der Waals surface area contributed by atoms with E-state index in [1.54, 1.807) is 0 Å². The average Bonchev–Trinajstić information content (AvgIpc) is 2.90. The third kappa shape index (κ3) is 1.97. The molecular formula is C11H18N2O3S. The number of sulfone groups is 1. The number of carbonyl (C=O) groups is 1. The van der Waals surface area contributed by atoms with Crippen molar-refractivity contribution in [1.82, 2.24) is 10.2 Å². The Balaban J connectivity index is 1.71. The molecule has 0 aromatic rings. The summed E-state index contributed by atoms with van der Waals surface area (Å²) >= 11 is 0. The summed E-state index contributed by atoms with van der Waals surface area (Å²) in [4.78, 5) is 14.2. The molecule has 3 rings (SSSR count). The lowest BCUT2D eigenvalue weighted by Crippen LogP contribution is -2.42. The first kappa shape index (κ1) is 11.5. The normalized spacial score (nSPS) is 39.5. The molecule has 3 heterocycles. The molecule has 96 valence electrons. The summed E-state index contributed by atoms with van der Waals surface area (Å²) in [7, 11) is -2.96. The van der Waals surface area contributed by atoms with E-state index in [1.807, 2.05) is 4.90 Å². The molecule has 0 saturated carbocycles. The van der Waals surface area contributed by atoms with Crippen molar-refractivity contribution in [1.29, 1.82) is 0 Å². The first-order valence-corrected chi connectivity index (χ1v) is 8.10. The molecule has 0 aromatic carbocycles. The van der Waals surface area contributed by atoms with Gasteiger partial charge in [-0.3, -0.25) is 4.79 Å². The fourth-order valence-electron chi connectivity index (χ4n) is 3.35. The van der Waals surface area contributed by atoms with Crippen LogP contribution in [0.4, 0.5) is 0 Å². The van der Waals surface area contributed by atoms with Gasteiger partial charge in [-0.15, -0.1) is 0 Å². The topological polar surface area (TPSA) is 66.5 Å². The maximum absolute atomic E-state index is 12.3. The minimum Gasteiger partial charge on any atom is -0.338 e. The van der Waals surface area contributed by atoms with Crippen LogP contribution in [-0.2, 0) is 14.6 Å². The molecule has 3 aliphatic rings. The summed E-state index contributed by atoms with van der Waals surface area (Å²) in [5, 5.41) is 3.30. The van der Waals surface area contributed by atoms with E-state index in [0.29, 0.717) is 18.4 Å². The Morgan fingerprint density at radius 3 is 2.76 bits per heavy atom. The van der Waals surface area contributed by atoms with E-state index >= 15 is 0 Å². The van der Waals surface area contributed by atoms with Crippen molar-refractivity contribution in [2.24, 2.45) is 11.8 Å². The van der Waals surface area contributed by atoms with Crippen LogP contribution in [0.2, 0.25) is 0 Å². The zero-order valence-corrected chi connectivity index (χ0v) is 10.6. The van der Waals surface area contributed by atoms with Crippen molar-refractivity contribution < 1.29 is 13.2 Å². The van der Waals surface area contributed by atoms with E-state index in [0.717, 1.165) is 26.1 Å². The Kier molecular flexibility index (Phi) is 2.66. The Hall–Kier alpha value is -0.620. The molecule has 0 bridgehead atoms. The van der Waals surface area contributed by atoms with Gasteiger partial charge in [-0.05, 0) is 18.8 Å². The molecule has 1 N–H and O–H groups in total. The van der Waals surface area contributed by atoms with Crippen molar-refractivity contribution in [3.05, 3.63) is 0 Å². The molecular weight excluding hydrogens is 240 g/mol. The van der Waals surface area contributed by atoms with Crippen LogP contribution in [0.15, 0.2) is 0 Å². The van der Waals surface area contributed by atoms with E-state index < -0.39 is 9.84 Å². The Morgan fingerprint density at radius 1 is 1.24 bits per heavy atom. The van der Waals surface area contributed by atoms with Gasteiger partial charge < -0.3 is 10.2 Å². The van der Waals surface area contributed by atoms with Gasteiger partial charge in [-0.1, -0.05) is 0 Å². The standard InChI is InChI=1S/C11H18N2O3S/c14-11(9-2-4-17(15,16)7-9)13-3-1-8-5-12-6-10(8)13/h8-10,12H,1-7H2/t8-,9?,10+/m1/s1. The average molecular weight is 258 g/mol. The number of hydrogen-bond acceptors (Lipinski definition) is 4. The van der Waals surface area contributed by atoms with Crippen LogP contribution < -0.4 is 5.32 Å². The third-order valence-electron chi connectivity index (χ3n) is 4.31. The van der Waals surface area contributed by atoms with E-state index in [4.69, 9.17) is 0 Å². The van der Waals surface area contributed by atoms with Gasteiger partial charge in [0.25, 0.3) is 0 Å². The minimum atomic E-state index is -2.96. The molecule has 0 spiro atoms. The van der Waals surface area contributed by atoms with E-state index in [2.05, 4.69) is 5.32 Å². The van der Waals surface area contributed by atoms with Crippen molar-refractivity contribution in [2.75, 3.05) is 31.1 Å². The van der Waals surface area contributed by atoms with Gasteiger partial charge in [0.15, 0.2) is 9.84 Å². The SMILES string of the molecule is O=C(C1CCS(=O)(=O)C1)N1CC[C@@H]2CNC[C@@H]21. The smallest absolute Gasteiger partial charge is 0.227 e. The van der Waals surface area contributed by atoms with Gasteiger partial charge in [0.1, 0.15) is 0 Å². The second kappa shape index (κ2) is 3.95. The van der Waals surface area contributed by atoms with Crippen molar-refractivity contribution in [3.63, 3.8) is 0 Å². The number of likely N-dealkylation sites (tertiary alicyclic amines) is 1. The molecule has 3 atom stereocenters. The Morgan fingerprint density at radius 2 is 2.06 bits per heavy atom. The highest BCUT2D eigenvalue weighted by Crippen LogP contribution is 2.30. The number of carbonyl (C=O) groups excluding carboxylic acids is 1. The number of amides is 1. The van der Waals surface area contributed by atoms with Crippen LogP contribution in [-0.4, -0.2) is 56.4 Å². The lowest BCUT2D eigenvalue weighted by Gasteiger charge is -2.25. The van der Waals surface area contributed by atoms with Gasteiger partial charge in [-0.25, -0.2) is 8.42 Å². The van der Waals surface area contributed by atoms with Crippen molar-refractivity contribution in [2.45, 2.75) is 18.9 Å². The quantitative estimate of drug-likeness (QED) is 0.671. The second-order valence-electron chi connectivity index (χ2n) is 5.41. The van der Waals surface area contributed by atoms with Crippen LogP contribution in [0, 0.1) is 11.8 Å². The fraction of sp³-hybridized carbons (Fsp3) is 0.909. The number of fused-ring (bicyclic) bond motifs is 1. The Bertz CT molecular complexity index is 434. The lowest BCUT2D eigenvalue weighted by atomic mass is 10.0. The van der Waals surface area contributed by atoms with Crippen LogP contribution in [0.3, 0.4) is 0 Å². The predicted molar refractivity (Wildman–Crippen MR) is 63.2 cm³/mol. The number of nitrogens with one attached hydrogen (secondary N) is 1. The highest BCUT2D eigenvalue weighted by atomic mass is 32.2. The fourth-order valence-corrected chi connectivity index (χ4v) is 5.08. The minimum absolute atomic E-state index is 0.0626. The Labute approximate surface area is 101 Å². The number of hydrogen-bond donors (Lipinski definition) is 1. The molecule has 0 aromatic heterocycles. The number of rotatable bonds is 1. The molecule has 5 nitrogen and oxygen atoms in total. The summed E-state index contributed by atoms with van der Waals surface area (Å²) < 4.78 is 22.8. The van der Waals surface area contributed by atoms with E-state index in [-0.39, 0.29) is 23.3 Å². The molecule has 3 saturated heterocycles. The summed E-state index contributed by atoms with van der Waals surface area (Å²) in [6.45, 7) is 2.68. The van der Waals surface area contributed by atoms with Crippen LogP contribution >= 0.6 is 0 Å². The number of nitrogens with zero attached hydrogens (tertiary/aromatic N) is 1. The molecule has 17 heavy (non-hydrogen) atoms. The summed E-state index contributed by atoms with van der Waals surface area (Å²) in [5.41, 5.74) is 0. The molecule has 1 amide bonds. The van der Waals surface area contributed by atoms with E-state index in [9.17, 15) is 13.2 Å².